The molecule has 4 nitrogen and oxygen atoms in total. The van der Waals surface area contributed by atoms with Crippen LogP contribution in [0.2, 0.25) is 10.0 Å². The summed E-state index contributed by atoms with van der Waals surface area (Å²) in [6.07, 6.45) is -0.961. The average molecular weight is 326 g/mol. The van der Waals surface area contributed by atoms with Gasteiger partial charge in [-0.3, -0.25) is 4.79 Å². The third-order valence-electron chi connectivity index (χ3n) is 3.07. The van der Waals surface area contributed by atoms with E-state index < -0.39 is 12.0 Å². The highest BCUT2D eigenvalue weighted by Gasteiger charge is 2.17. The first-order chi connectivity index (χ1) is 9.93. The molecule has 3 N–H and O–H groups in total. The quantitative estimate of drug-likeness (QED) is 0.906. The fourth-order valence-electron chi connectivity index (χ4n) is 1.95. The number of amides is 1. The minimum atomic E-state index is -0.961. The highest BCUT2D eigenvalue weighted by atomic mass is 35.5. The second kappa shape index (κ2) is 6.35. The predicted molar refractivity (Wildman–Crippen MR) is 82.0 cm³/mol. The summed E-state index contributed by atoms with van der Waals surface area (Å²) >= 11 is 11.8. The van der Waals surface area contributed by atoms with Crippen LogP contribution in [0, 0.1) is 0 Å². The Morgan fingerprint density at radius 3 is 2.48 bits per heavy atom. The molecule has 0 spiro atoms. The van der Waals surface area contributed by atoms with Crippen LogP contribution in [0.5, 0.6) is 5.75 Å². The highest BCUT2D eigenvalue weighted by molar-refractivity contribution is 6.42. The number of aliphatic hydroxyl groups excluding tert-OH is 1. The fourth-order valence-corrected chi connectivity index (χ4v) is 2.26. The van der Waals surface area contributed by atoms with E-state index in [0.29, 0.717) is 32.5 Å². The molecule has 21 heavy (non-hydrogen) atoms. The van der Waals surface area contributed by atoms with Gasteiger partial charge in [0.05, 0.1) is 17.2 Å². The van der Waals surface area contributed by atoms with Gasteiger partial charge in [-0.1, -0.05) is 35.3 Å². The van der Waals surface area contributed by atoms with Gasteiger partial charge in [0.2, 0.25) is 5.91 Å². The molecule has 0 saturated heterocycles. The monoisotopic (exact) mass is 325 g/mol. The number of methoxy groups -OCH3 is 1. The zero-order valence-corrected chi connectivity index (χ0v) is 12.7. The van der Waals surface area contributed by atoms with E-state index in [1.165, 1.54) is 19.2 Å². The largest absolute Gasteiger partial charge is 0.496 e. The molecule has 0 unspecified atom stereocenters. The Morgan fingerprint density at radius 2 is 1.90 bits per heavy atom. The summed E-state index contributed by atoms with van der Waals surface area (Å²) in [5.41, 5.74) is 6.59. The van der Waals surface area contributed by atoms with Crippen LogP contribution in [0.25, 0.3) is 0 Å². The van der Waals surface area contributed by atoms with Crippen LogP contribution in [-0.4, -0.2) is 18.1 Å². The van der Waals surface area contributed by atoms with Gasteiger partial charge in [0, 0.05) is 11.1 Å². The summed E-state index contributed by atoms with van der Waals surface area (Å²) in [6, 6.07) is 9.45. The van der Waals surface area contributed by atoms with Crippen molar-refractivity contribution in [3.05, 3.63) is 63.1 Å². The maximum atomic E-state index is 11.2. The van der Waals surface area contributed by atoms with E-state index in [1.54, 1.807) is 24.3 Å². The van der Waals surface area contributed by atoms with Crippen molar-refractivity contribution in [2.45, 2.75) is 6.10 Å². The summed E-state index contributed by atoms with van der Waals surface area (Å²) in [5.74, 6) is -0.200. The Kier molecular flexibility index (Phi) is 4.73. The minimum absolute atomic E-state index is 0.303. The first-order valence-corrected chi connectivity index (χ1v) is 6.80. The molecule has 110 valence electrons. The van der Waals surface area contributed by atoms with Crippen LogP contribution in [0.15, 0.2) is 36.4 Å². The van der Waals surface area contributed by atoms with Gasteiger partial charge in [0.15, 0.2) is 0 Å². The van der Waals surface area contributed by atoms with E-state index in [9.17, 15) is 9.90 Å². The number of hydrogen-bond acceptors (Lipinski definition) is 3. The molecular weight excluding hydrogens is 313 g/mol. The summed E-state index contributed by atoms with van der Waals surface area (Å²) in [7, 11) is 1.45. The van der Waals surface area contributed by atoms with E-state index in [0.717, 1.165) is 0 Å². The number of benzene rings is 2. The first kappa shape index (κ1) is 15.6. The van der Waals surface area contributed by atoms with Gasteiger partial charge in [-0.15, -0.1) is 0 Å². The standard InChI is InChI=1S/C15H13Cl2NO3/c1-21-13-7-9(15(18)20)2-4-10(13)14(19)8-3-5-11(16)12(17)6-8/h2-7,14,19H,1H3,(H2,18,20)/t14-/m0/s1. The molecule has 0 aliphatic heterocycles. The summed E-state index contributed by atoms with van der Waals surface area (Å²) < 4.78 is 5.21. The van der Waals surface area contributed by atoms with E-state index in [4.69, 9.17) is 33.7 Å². The summed E-state index contributed by atoms with van der Waals surface area (Å²) in [4.78, 5) is 11.2. The lowest BCUT2D eigenvalue weighted by Crippen LogP contribution is -2.12. The minimum Gasteiger partial charge on any atom is -0.496 e. The lowest BCUT2D eigenvalue weighted by molar-refractivity contribution is 0.0999. The zero-order valence-electron chi connectivity index (χ0n) is 11.1. The number of rotatable bonds is 4. The van der Waals surface area contributed by atoms with Gasteiger partial charge in [-0.2, -0.15) is 0 Å². The number of hydrogen-bond donors (Lipinski definition) is 2. The van der Waals surface area contributed by atoms with Crippen LogP contribution in [-0.2, 0) is 0 Å². The van der Waals surface area contributed by atoms with Gasteiger partial charge < -0.3 is 15.6 Å². The van der Waals surface area contributed by atoms with Gasteiger partial charge >= 0.3 is 0 Å². The molecule has 0 aliphatic carbocycles. The zero-order chi connectivity index (χ0) is 15.6. The normalized spacial score (nSPS) is 12.0. The lowest BCUT2D eigenvalue weighted by atomic mass is 9.99. The molecule has 0 heterocycles. The molecule has 0 bridgehead atoms. The Bertz CT molecular complexity index is 689. The van der Waals surface area contributed by atoms with Crippen molar-refractivity contribution < 1.29 is 14.6 Å². The molecule has 6 heteroatoms. The fraction of sp³-hybridized carbons (Fsp3) is 0.133. The van der Waals surface area contributed by atoms with Crippen molar-refractivity contribution in [2.75, 3.05) is 7.11 Å². The molecule has 0 radical (unpaired) electrons. The maximum Gasteiger partial charge on any atom is 0.248 e. The van der Waals surface area contributed by atoms with E-state index >= 15 is 0 Å². The van der Waals surface area contributed by atoms with Gasteiger partial charge in [0.25, 0.3) is 0 Å². The molecule has 0 saturated carbocycles. The number of primary amides is 1. The molecule has 2 aromatic carbocycles. The number of halogens is 2. The molecule has 0 aromatic heterocycles. The molecule has 1 atom stereocenters. The van der Waals surface area contributed by atoms with Crippen LogP contribution in [0.4, 0.5) is 0 Å². The average Bonchev–Trinajstić information content (AvgIpc) is 2.48. The third kappa shape index (κ3) is 3.29. The summed E-state index contributed by atoms with van der Waals surface area (Å²) in [5, 5.41) is 11.2. The second-order valence-corrected chi connectivity index (χ2v) is 5.21. The Hall–Kier alpha value is -1.75. The number of carbonyl (C=O) groups is 1. The predicted octanol–water partition coefficient (Wildman–Crippen LogP) is 3.18. The first-order valence-electron chi connectivity index (χ1n) is 6.04. The number of ether oxygens (including phenoxy) is 1. The van der Waals surface area contributed by atoms with Crippen LogP contribution in [0.3, 0.4) is 0 Å². The Labute approximate surface area is 132 Å². The Morgan fingerprint density at radius 1 is 1.19 bits per heavy atom. The van der Waals surface area contributed by atoms with Crippen molar-refractivity contribution in [3.8, 4) is 5.75 Å². The number of carbonyl (C=O) groups excluding carboxylic acids is 1. The molecule has 0 fully saturated rings. The number of aliphatic hydroxyl groups is 1. The van der Waals surface area contributed by atoms with Crippen molar-refractivity contribution in [3.63, 3.8) is 0 Å². The second-order valence-electron chi connectivity index (χ2n) is 4.40. The highest BCUT2D eigenvalue weighted by Crippen LogP contribution is 2.33. The van der Waals surface area contributed by atoms with E-state index in [-0.39, 0.29) is 0 Å². The van der Waals surface area contributed by atoms with Crippen molar-refractivity contribution in [1.29, 1.82) is 0 Å². The Balaban J connectivity index is 2.44. The summed E-state index contributed by atoms with van der Waals surface area (Å²) in [6.45, 7) is 0. The number of nitrogens with two attached hydrogens (primary N) is 1. The van der Waals surface area contributed by atoms with Gasteiger partial charge in [-0.25, -0.2) is 0 Å². The van der Waals surface area contributed by atoms with Gasteiger partial charge in [0.1, 0.15) is 11.9 Å². The van der Waals surface area contributed by atoms with Crippen molar-refractivity contribution in [2.24, 2.45) is 5.73 Å². The van der Waals surface area contributed by atoms with Crippen LogP contribution in [0.1, 0.15) is 27.6 Å². The molecule has 1 amide bonds. The smallest absolute Gasteiger partial charge is 0.248 e. The molecule has 2 rings (SSSR count). The molecule has 0 aliphatic rings. The van der Waals surface area contributed by atoms with E-state index in [1.807, 2.05) is 0 Å². The van der Waals surface area contributed by atoms with Crippen LogP contribution < -0.4 is 10.5 Å². The van der Waals surface area contributed by atoms with E-state index in [2.05, 4.69) is 0 Å². The topological polar surface area (TPSA) is 72.5 Å². The van der Waals surface area contributed by atoms with Crippen molar-refractivity contribution >= 4 is 29.1 Å². The van der Waals surface area contributed by atoms with Crippen molar-refractivity contribution in [1.82, 2.24) is 0 Å². The third-order valence-corrected chi connectivity index (χ3v) is 3.81. The maximum absolute atomic E-state index is 11.2. The molecule has 2 aromatic rings. The van der Waals surface area contributed by atoms with Crippen LogP contribution >= 0.6 is 23.2 Å². The van der Waals surface area contributed by atoms with Gasteiger partial charge in [-0.05, 0) is 29.8 Å². The SMILES string of the molecule is COc1cc(C(N)=O)ccc1[C@@H](O)c1ccc(Cl)c(Cl)c1. The lowest BCUT2D eigenvalue weighted by Gasteiger charge is -2.16. The molecular formula is C15H13Cl2NO3.